The molecule has 0 saturated carbocycles. The molecule has 1 aliphatic carbocycles. The Morgan fingerprint density at radius 1 is 1.53 bits per heavy atom. The number of hydrogen-bond acceptors (Lipinski definition) is 2. The van der Waals surface area contributed by atoms with Crippen LogP contribution in [0.25, 0.3) is 4.85 Å². The molecule has 0 spiro atoms. The van der Waals surface area contributed by atoms with E-state index in [-0.39, 0.29) is 18.8 Å². The molecule has 1 aromatic carbocycles. The molecule has 17 heavy (non-hydrogen) atoms. The van der Waals surface area contributed by atoms with Crippen molar-refractivity contribution in [2.24, 2.45) is 0 Å². The van der Waals surface area contributed by atoms with E-state index in [0.717, 1.165) is 11.1 Å². The van der Waals surface area contributed by atoms with E-state index in [1.807, 2.05) is 0 Å². The van der Waals surface area contributed by atoms with Gasteiger partial charge in [-0.15, -0.1) is 0 Å². The average Bonchev–Trinajstić information content (AvgIpc) is 2.68. The highest BCUT2D eigenvalue weighted by atomic mass is 19.1. The van der Waals surface area contributed by atoms with E-state index in [4.69, 9.17) is 11.3 Å². The van der Waals surface area contributed by atoms with Crippen molar-refractivity contribution in [1.82, 2.24) is 0 Å². The topological polar surface area (TPSA) is 30.7 Å². The van der Waals surface area contributed by atoms with Gasteiger partial charge >= 0.3 is 11.5 Å². The quantitative estimate of drug-likeness (QED) is 0.578. The van der Waals surface area contributed by atoms with Gasteiger partial charge in [0.05, 0.1) is 19.4 Å². The third kappa shape index (κ3) is 1.89. The lowest BCUT2D eigenvalue weighted by Gasteiger charge is -2.13. The maximum absolute atomic E-state index is 13.1. The van der Waals surface area contributed by atoms with Crippen molar-refractivity contribution in [3.63, 3.8) is 0 Å². The lowest BCUT2D eigenvalue weighted by atomic mass is 9.97. The molecular formula is C13H12FNO2. The molecule has 0 radical (unpaired) electrons. The minimum Gasteiger partial charge on any atom is -0.460 e. The summed E-state index contributed by atoms with van der Waals surface area (Å²) in [6.07, 6.45) is 0.549. The van der Waals surface area contributed by atoms with Crippen LogP contribution in [0.15, 0.2) is 18.2 Å². The Labute approximate surface area is 99.0 Å². The van der Waals surface area contributed by atoms with E-state index in [1.54, 1.807) is 13.0 Å². The number of benzene rings is 1. The maximum atomic E-state index is 13.1. The van der Waals surface area contributed by atoms with Gasteiger partial charge in [0.25, 0.3) is 0 Å². The summed E-state index contributed by atoms with van der Waals surface area (Å²) in [6.45, 7) is 9.17. The zero-order valence-electron chi connectivity index (χ0n) is 9.50. The Hall–Kier alpha value is -1.89. The summed E-state index contributed by atoms with van der Waals surface area (Å²) in [5.41, 5.74) is 0.399. The van der Waals surface area contributed by atoms with E-state index >= 15 is 0 Å². The van der Waals surface area contributed by atoms with Crippen molar-refractivity contribution >= 4 is 5.97 Å². The Bertz CT molecular complexity index is 507. The van der Waals surface area contributed by atoms with Crippen LogP contribution in [0.3, 0.4) is 0 Å². The van der Waals surface area contributed by atoms with Crippen LogP contribution in [-0.4, -0.2) is 18.1 Å². The molecule has 0 amide bonds. The van der Waals surface area contributed by atoms with E-state index in [2.05, 4.69) is 4.85 Å². The molecular weight excluding hydrogens is 221 g/mol. The number of carbonyl (C=O) groups excluding carboxylic acids is 1. The Morgan fingerprint density at radius 2 is 2.24 bits per heavy atom. The summed E-state index contributed by atoms with van der Waals surface area (Å²) in [5.74, 6) is -0.847. The van der Waals surface area contributed by atoms with Gasteiger partial charge in [-0.05, 0) is 30.2 Å². The molecule has 1 unspecified atom stereocenters. The van der Waals surface area contributed by atoms with Crippen LogP contribution in [0, 0.1) is 12.4 Å². The number of ether oxygens (including phenoxy) is 1. The zero-order valence-corrected chi connectivity index (χ0v) is 9.50. The van der Waals surface area contributed by atoms with E-state index in [0.29, 0.717) is 6.42 Å². The predicted molar refractivity (Wildman–Crippen MR) is 59.8 cm³/mol. The molecule has 0 saturated heterocycles. The number of nitrogens with zero attached hydrogens (tertiary/aromatic N) is 1. The van der Waals surface area contributed by atoms with Crippen molar-refractivity contribution in [1.29, 1.82) is 0 Å². The third-order valence-electron chi connectivity index (χ3n) is 3.00. The highest BCUT2D eigenvalue weighted by Crippen LogP contribution is 2.34. The zero-order chi connectivity index (χ0) is 12.5. The minimum atomic E-state index is -1.19. The number of fused-ring (bicyclic) bond motifs is 1. The summed E-state index contributed by atoms with van der Waals surface area (Å²) in [6, 6.07) is 4.38. The fourth-order valence-corrected chi connectivity index (χ4v) is 2.16. The fraction of sp³-hybridized carbons (Fsp3) is 0.385. The van der Waals surface area contributed by atoms with Gasteiger partial charge < -0.3 is 4.74 Å². The number of halogens is 1. The molecule has 0 fully saturated rings. The van der Waals surface area contributed by atoms with Crippen LogP contribution in [0.4, 0.5) is 4.39 Å². The second-order valence-electron chi connectivity index (χ2n) is 4.13. The molecule has 0 N–H and O–H groups in total. The van der Waals surface area contributed by atoms with Crippen molar-refractivity contribution in [2.45, 2.75) is 25.3 Å². The van der Waals surface area contributed by atoms with Crippen LogP contribution in [-0.2, 0) is 22.4 Å². The molecule has 1 aliphatic rings. The second-order valence-corrected chi connectivity index (χ2v) is 4.13. The third-order valence-corrected chi connectivity index (χ3v) is 3.00. The van der Waals surface area contributed by atoms with Crippen LogP contribution in [0.1, 0.15) is 18.1 Å². The van der Waals surface area contributed by atoms with Gasteiger partial charge in [-0.25, -0.2) is 15.8 Å². The van der Waals surface area contributed by atoms with Gasteiger partial charge in [-0.1, -0.05) is 6.07 Å². The molecule has 0 bridgehead atoms. The standard InChI is InChI=1S/C13H12FNO2/c1-3-17-12(16)13(15-2)7-9-4-5-11(14)6-10(9)8-13/h4-6H,3,7-8H2,1H3. The summed E-state index contributed by atoms with van der Waals surface area (Å²) in [5, 5.41) is 0. The number of rotatable bonds is 2. The molecule has 1 atom stereocenters. The first-order valence-corrected chi connectivity index (χ1v) is 5.44. The SMILES string of the molecule is [C-]#[N+]C1(C(=O)OCC)Cc2ccc(F)cc2C1. The molecule has 0 aliphatic heterocycles. The molecule has 4 heteroatoms. The normalized spacial score (nSPS) is 21.7. The Kier molecular flexibility index (Phi) is 2.84. The van der Waals surface area contributed by atoms with Gasteiger partial charge in [0.2, 0.25) is 0 Å². The first-order chi connectivity index (χ1) is 8.11. The fourth-order valence-electron chi connectivity index (χ4n) is 2.16. The molecule has 2 rings (SSSR count). The second kappa shape index (κ2) is 4.17. The van der Waals surface area contributed by atoms with Crippen molar-refractivity contribution in [2.75, 3.05) is 6.61 Å². The van der Waals surface area contributed by atoms with E-state index < -0.39 is 11.5 Å². The first kappa shape index (κ1) is 11.6. The van der Waals surface area contributed by atoms with Crippen molar-refractivity contribution in [3.05, 3.63) is 46.6 Å². The predicted octanol–water partition coefficient (Wildman–Crippen LogP) is 2.15. The average molecular weight is 233 g/mol. The van der Waals surface area contributed by atoms with Gasteiger partial charge in [-0.3, -0.25) is 4.85 Å². The minimum absolute atomic E-state index is 0.239. The van der Waals surface area contributed by atoms with Crippen molar-refractivity contribution < 1.29 is 13.9 Å². The molecule has 0 heterocycles. The largest absolute Gasteiger partial charge is 0.460 e. The molecule has 0 aromatic heterocycles. The van der Waals surface area contributed by atoms with E-state index in [1.165, 1.54) is 12.1 Å². The van der Waals surface area contributed by atoms with Gasteiger partial charge in [0, 0.05) is 0 Å². The smallest absolute Gasteiger partial charge is 0.394 e. The molecule has 88 valence electrons. The summed E-state index contributed by atoms with van der Waals surface area (Å²) in [4.78, 5) is 15.3. The monoisotopic (exact) mass is 233 g/mol. The van der Waals surface area contributed by atoms with Gasteiger partial charge in [0.1, 0.15) is 5.82 Å². The maximum Gasteiger partial charge on any atom is 0.394 e. The van der Waals surface area contributed by atoms with Gasteiger partial charge in [0.15, 0.2) is 0 Å². The number of esters is 1. The van der Waals surface area contributed by atoms with Crippen LogP contribution in [0.5, 0.6) is 0 Å². The summed E-state index contributed by atoms with van der Waals surface area (Å²) < 4.78 is 18.0. The molecule has 3 nitrogen and oxygen atoms in total. The lowest BCUT2D eigenvalue weighted by molar-refractivity contribution is -0.147. The highest BCUT2D eigenvalue weighted by Gasteiger charge is 2.52. The van der Waals surface area contributed by atoms with Crippen LogP contribution < -0.4 is 0 Å². The Balaban J connectivity index is 2.33. The summed E-state index contributed by atoms with van der Waals surface area (Å²) in [7, 11) is 0. The number of hydrogen-bond donors (Lipinski definition) is 0. The Morgan fingerprint density at radius 3 is 2.88 bits per heavy atom. The summed E-state index contributed by atoms with van der Waals surface area (Å²) >= 11 is 0. The first-order valence-electron chi connectivity index (χ1n) is 5.44. The lowest BCUT2D eigenvalue weighted by Crippen LogP contribution is -2.37. The van der Waals surface area contributed by atoms with E-state index in [9.17, 15) is 9.18 Å². The molecule has 1 aromatic rings. The van der Waals surface area contributed by atoms with Crippen LogP contribution in [0.2, 0.25) is 0 Å². The van der Waals surface area contributed by atoms with Gasteiger partial charge in [-0.2, -0.15) is 0 Å². The highest BCUT2D eigenvalue weighted by molar-refractivity contribution is 5.85. The van der Waals surface area contributed by atoms with Crippen LogP contribution >= 0.6 is 0 Å². The van der Waals surface area contributed by atoms with Crippen molar-refractivity contribution in [3.8, 4) is 0 Å². The number of carbonyl (C=O) groups is 1.